The standard InChI is InChI=1S/C6H8N2OS2/c1-9-8-6(10)7-5-2-3-11-4-5/h2-4H,1H3,(H2,7,8,10). The molecule has 1 heterocycles. The van der Waals surface area contributed by atoms with Crippen molar-refractivity contribution in [2.45, 2.75) is 0 Å². The van der Waals surface area contributed by atoms with Gasteiger partial charge in [-0.2, -0.15) is 11.3 Å². The van der Waals surface area contributed by atoms with E-state index in [2.05, 4.69) is 15.6 Å². The molecule has 0 amide bonds. The topological polar surface area (TPSA) is 33.3 Å². The van der Waals surface area contributed by atoms with Gasteiger partial charge < -0.3 is 5.32 Å². The van der Waals surface area contributed by atoms with E-state index in [1.54, 1.807) is 11.3 Å². The molecule has 0 spiro atoms. The van der Waals surface area contributed by atoms with Crippen molar-refractivity contribution in [1.29, 1.82) is 0 Å². The van der Waals surface area contributed by atoms with Gasteiger partial charge in [0.1, 0.15) is 0 Å². The fraction of sp³-hybridized carbons (Fsp3) is 0.167. The first kappa shape index (κ1) is 8.45. The Morgan fingerprint density at radius 3 is 3.09 bits per heavy atom. The smallest absolute Gasteiger partial charge is 0.195 e. The Morgan fingerprint density at radius 2 is 2.55 bits per heavy atom. The maximum atomic E-state index is 4.86. The van der Waals surface area contributed by atoms with E-state index in [1.165, 1.54) is 7.11 Å². The van der Waals surface area contributed by atoms with Crippen LogP contribution in [0.15, 0.2) is 16.8 Å². The van der Waals surface area contributed by atoms with Crippen molar-refractivity contribution in [3.05, 3.63) is 16.8 Å². The van der Waals surface area contributed by atoms with Crippen molar-refractivity contribution in [3.8, 4) is 0 Å². The van der Waals surface area contributed by atoms with Crippen LogP contribution >= 0.6 is 23.6 Å². The largest absolute Gasteiger partial charge is 0.330 e. The highest BCUT2D eigenvalue weighted by Crippen LogP contribution is 2.10. The van der Waals surface area contributed by atoms with Crippen molar-refractivity contribution in [3.63, 3.8) is 0 Å². The highest BCUT2D eigenvalue weighted by Gasteiger charge is 1.94. The van der Waals surface area contributed by atoms with Gasteiger partial charge in [-0.15, -0.1) is 0 Å². The first-order valence-electron chi connectivity index (χ1n) is 2.95. The molecule has 0 atom stereocenters. The Labute approximate surface area is 74.3 Å². The predicted molar refractivity (Wildman–Crippen MR) is 50.7 cm³/mol. The highest BCUT2D eigenvalue weighted by atomic mass is 32.1. The molecule has 0 aromatic carbocycles. The van der Waals surface area contributed by atoms with Crippen molar-refractivity contribution < 1.29 is 4.84 Å². The number of anilines is 1. The van der Waals surface area contributed by atoms with Gasteiger partial charge in [0.2, 0.25) is 0 Å². The normalized spacial score (nSPS) is 9.18. The molecule has 0 aliphatic carbocycles. The summed E-state index contributed by atoms with van der Waals surface area (Å²) in [6, 6.07) is 1.94. The lowest BCUT2D eigenvalue weighted by atomic mass is 10.5. The number of hydroxylamine groups is 1. The Balaban J connectivity index is 2.37. The third-order valence-electron chi connectivity index (χ3n) is 0.974. The molecule has 5 heteroatoms. The van der Waals surface area contributed by atoms with E-state index in [0.717, 1.165) is 5.69 Å². The molecule has 3 nitrogen and oxygen atoms in total. The SMILES string of the molecule is CONC(=S)Nc1ccsc1. The number of thiocarbonyl (C=S) groups is 1. The van der Waals surface area contributed by atoms with Gasteiger partial charge in [0.15, 0.2) is 5.11 Å². The lowest BCUT2D eigenvalue weighted by molar-refractivity contribution is 0.146. The van der Waals surface area contributed by atoms with Crippen molar-refractivity contribution >= 4 is 34.4 Å². The second-order valence-electron chi connectivity index (χ2n) is 1.77. The summed E-state index contributed by atoms with van der Waals surface area (Å²) in [5, 5.41) is 7.32. The van der Waals surface area contributed by atoms with Gasteiger partial charge in [-0.1, -0.05) is 0 Å². The molecule has 0 aliphatic heterocycles. The molecule has 0 saturated heterocycles. The molecule has 60 valence electrons. The highest BCUT2D eigenvalue weighted by molar-refractivity contribution is 7.80. The number of rotatable bonds is 2. The van der Waals surface area contributed by atoms with Gasteiger partial charge in [-0.05, 0) is 23.7 Å². The summed E-state index contributed by atoms with van der Waals surface area (Å²) in [4.78, 5) is 4.60. The molecule has 1 aromatic heterocycles. The molecule has 0 bridgehead atoms. The number of hydrogen-bond donors (Lipinski definition) is 2. The molecule has 1 aromatic rings. The summed E-state index contributed by atoms with van der Waals surface area (Å²) in [5.41, 5.74) is 3.49. The first-order chi connectivity index (χ1) is 5.33. The summed E-state index contributed by atoms with van der Waals surface area (Å²) in [6.45, 7) is 0. The second kappa shape index (κ2) is 4.27. The predicted octanol–water partition coefficient (Wildman–Crippen LogP) is 1.60. The van der Waals surface area contributed by atoms with E-state index < -0.39 is 0 Å². The van der Waals surface area contributed by atoms with Crippen molar-refractivity contribution in [2.75, 3.05) is 12.4 Å². The van der Waals surface area contributed by atoms with Crippen LogP contribution in [0.5, 0.6) is 0 Å². The van der Waals surface area contributed by atoms with Crippen molar-refractivity contribution in [1.82, 2.24) is 5.48 Å². The summed E-state index contributed by atoms with van der Waals surface area (Å²) in [6.07, 6.45) is 0. The molecule has 11 heavy (non-hydrogen) atoms. The molecular weight excluding hydrogens is 180 g/mol. The molecule has 2 N–H and O–H groups in total. The summed E-state index contributed by atoms with van der Waals surface area (Å²) in [7, 11) is 1.52. The van der Waals surface area contributed by atoms with Gasteiger partial charge in [0.05, 0.1) is 12.8 Å². The zero-order valence-corrected chi connectivity index (χ0v) is 7.59. The van der Waals surface area contributed by atoms with Crippen LogP contribution in [0.4, 0.5) is 5.69 Å². The minimum atomic E-state index is 0.464. The quantitative estimate of drug-likeness (QED) is 0.545. The Hall–Kier alpha value is -0.650. The maximum absolute atomic E-state index is 4.86. The van der Waals surface area contributed by atoms with Gasteiger partial charge >= 0.3 is 0 Å². The van der Waals surface area contributed by atoms with Crippen LogP contribution in [0.25, 0.3) is 0 Å². The van der Waals surface area contributed by atoms with Crippen LogP contribution in [0.1, 0.15) is 0 Å². The van der Waals surface area contributed by atoms with Gasteiger partial charge in [-0.25, -0.2) is 5.48 Å². The van der Waals surface area contributed by atoms with Crippen LogP contribution < -0.4 is 10.8 Å². The third kappa shape index (κ3) is 2.83. The fourth-order valence-electron chi connectivity index (χ4n) is 0.585. The van der Waals surface area contributed by atoms with E-state index in [9.17, 15) is 0 Å². The monoisotopic (exact) mass is 188 g/mol. The van der Waals surface area contributed by atoms with Crippen LogP contribution in [0.2, 0.25) is 0 Å². The Bertz CT molecular complexity index is 222. The molecule has 0 aliphatic rings. The van der Waals surface area contributed by atoms with E-state index in [4.69, 9.17) is 12.2 Å². The van der Waals surface area contributed by atoms with E-state index in [1.807, 2.05) is 16.8 Å². The molecule has 0 fully saturated rings. The molecule has 1 rings (SSSR count). The molecular formula is C6H8N2OS2. The first-order valence-corrected chi connectivity index (χ1v) is 4.30. The molecule has 0 saturated carbocycles. The van der Waals surface area contributed by atoms with E-state index >= 15 is 0 Å². The lowest BCUT2D eigenvalue weighted by Gasteiger charge is -2.04. The number of thiophene rings is 1. The molecule has 0 radical (unpaired) electrons. The minimum absolute atomic E-state index is 0.464. The Kier molecular flexibility index (Phi) is 3.28. The average molecular weight is 188 g/mol. The van der Waals surface area contributed by atoms with Crippen LogP contribution in [0, 0.1) is 0 Å². The lowest BCUT2D eigenvalue weighted by Crippen LogP contribution is -2.26. The zero-order chi connectivity index (χ0) is 8.10. The van der Waals surface area contributed by atoms with E-state index in [0.29, 0.717) is 5.11 Å². The summed E-state index contributed by atoms with van der Waals surface area (Å²) < 4.78 is 0. The van der Waals surface area contributed by atoms with Gasteiger partial charge in [0.25, 0.3) is 0 Å². The number of hydrogen-bond acceptors (Lipinski definition) is 3. The summed E-state index contributed by atoms with van der Waals surface area (Å²) in [5.74, 6) is 0. The number of nitrogens with one attached hydrogen (secondary N) is 2. The van der Waals surface area contributed by atoms with Crippen LogP contribution in [0.3, 0.4) is 0 Å². The summed E-state index contributed by atoms with van der Waals surface area (Å²) >= 11 is 6.47. The molecule has 0 unspecified atom stereocenters. The van der Waals surface area contributed by atoms with Crippen LogP contribution in [-0.2, 0) is 4.84 Å². The second-order valence-corrected chi connectivity index (χ2v) is 2.96. The fourth-order valence-corrected chi connectivity index (χ4v) is 1.37. The van der Waals surface area contributed by atoms with Gasteiger partial charge in [0, 0.05) is 5.38 Å². The van der Waals surface area contributed by atoms with Crippen molar-refractivity contribution in [2.24, 2.45) is 0 Å². The minimum Gasteiger partial charge on any atom is -0.330 e. The van der Waals surface area contributed by atoms with Gasteiger partial charge in [-0.3, -0.25) is 4.84 Å². The van der Waals surface area contributed by atoms with E-state index in [-0.39, 0.29) is 0 Å². The third-order valence-corrected chi connectivity index (χ3v) is 1.84. The maximum Gasteiger partial charge on any atom is 0.195 e. The van der Waals surface area contributed by atoms with Crippen LogP contribution in [-0.4, -0.2) is 12.2 Å². The zero-order valence-electron chi connectivity index (χ0n) is 5.96. The Morgan fingerprint density at radius 1 is 1.73 bits per heavy atom. The average Bonchev–Trinajstić information content (AvgIpc) is 2.40.